The average molecular weight is 248 g/mol. The summed E-state index contributed by atoms with van der Waals surface area (Å²) in [5.41, 5.74) is 1.08. The van der Waals surface area contributed by atoms with E-state index in [-0.39, 0.29) is 0 Å². The molecule has 0 aliphatic heterocycles. The summed E-state index contributed by atoms with van der Waals surface area (Å²) in [6.45, 7) is 2.99. The van der Waals surface area contributed by atoms with Crippen LogP contribution in [0.25, 0.3) is 0 Å². The van der Waals surface area contributed by atoms with Gasteiger partial charge in [-0.1, -0.05) is 0 Å². The van der Waals surface area contributed by atoms with Gasteiger partial charge in [0.05, 0.1) is 10.7 Å². The maximum Gasteiger partial charge on any atom is 0.203 e. The van der Waals surface area contributed by atoms with Crippen molar-refractivity contribution in [3.63, 3.8) is 0 Å². The number of aromatic nitrogens is 3. The Hall–Kier alpha value is -1.36. The van der Waals surface area contributed by atoms with Gasteiger partial charge < -0.3 is 9.88 Å². The molecule has 2 aromatic heterocycles. The molecule has 1 aliphatic rings. The summed E-state index contributed by atoms with van der Waals surface area (Å²) in [6, 6.07) is 0.649. The van der Waals surface area contributed by atoms with E-state index >= 15 is 0 Å². The fraction of sp³-hybridized carbons (Fsp3) is 0.500. The van der Waals surface area contributed by atoms with E-state index in [1.54, 1.807) is 11.3 Å². The highest BCUT2D eigenvalue weighted by atomic mass is 32.1. The lowest BCUT2D eigenvalue weighted by Gasteiger charge is -2.07. The first kappa shape index (κ1) is 10.8. The summed E-state index contributed by atoms with van der Waals surface area (Å²) in [6.07, 6.45) is 7.50. The monoisotopic (exact) mass is 248 g/mol. The van der Waals surface area contributed by atoms with E-state index in [0.29, 0.717) is 6.04 Å². The molecule has 0 unspecified atom stereocenters. The summed E-state index contributed by atoms with van der Waals surface area (Å²) < 4.78 is 2.20. The number of rotatable bonds is 5. The summed E-state index contributed by atoms with van der Waals surface area (Å²) in [5.74, 6) is 1.02. The molecular weight excluding hydrogens is 232 g/mol. The van der Waals surface area contributed by atoms with Crippen molar-refractivity contribution in [2.45, 2.75) is 38.8 Å². The van der Waals surface area contributed by atoms with Crippen LogP contribution in [-0.4, -0.2) is 20.6 Å². The molecule has 0 saturated heterocycles. The van der Waals surface area contributed by atoms with Crippen molar-refractivity contribution in [2.24, 2.45) is 0 Å². The van der Waals surface area contributed by atoms with Crippen molar-refractivity contribution in [1.29, 1.82) is 0 Å². The Bertz CT molecular complexity index is 485. The van der Waals surface area contributed by atoms with Crippen LogP contribution >= 0.6 is 11.3 Å². The van der Waals surface area contributed by atoms with Gasteiger partial charge in [-0.05, 0) is 19.8 Å². The lowest BCUT2D eigenvalue weighted by Crippen LogP contribution is -2.10. The van der Waals surface area contributed by atoms with Crippen LogP contribution in [0.15, 0.2) is 17.8 Å². The number of hydrogen-bond donors (Lipinski definition) is 1. The maximum atomic E-state index is 4.53. The molecule has 2 aromatic rings. The van der Waals surface area contributed by atoms with Crippen LogP contribution in [0.2, 0.25) is 0 Å². The number of nitrogens with one attached hydrogen (secondary N) is 1. The third-order valence-corrected chi connectivity index (χ3v) is 3.70. The molecule has 17 heavy (non-hydrogen) atoms. The fourth-order valence-electron chi connectivity index (χ4n) is 1.84. The molecule has 0 amide bonds. The maximum absolute atomic E-state index is 4.53. The van der Waals surface area contributed by atoms with Gasteiger partial charge in [-0.25, -0.2) is 9.97 Å². The number of anilines is 1. The van der Waals surface area contributed by atoms with Gasteiger partial charge in [-0.3, -0.25) is 0 Å². The highest BCUT2D eigenvalue weighted by Gasteiger charge is 2.22. The third-order valence-electron chi connectivity index (χ3n) is 2.86. The minimum Gasteiger partial charge on any atom is -0.353 e. The van der Waals surface area contributed by atoms with E-state index in [0.717, 1.165) is 24.6 Å². The van der Waals surface area contributed by atoms with E-state index in [1.165, 1.54) is 17.8 Å². The quantitative estimate of drug-likeness (QED) is 0.884. The number of imidazole rings is 1. The molecule has 1 N–H and O–H groups in total. The zero-order chi connectivity index (χ0) is 11.7. The zero-order valence-corrected chi connectivity index (χ0v) is 10.7. The molecule has 3 rings (SSSR count). The summed E-state index contributed by atoms with van der Waals surface area (Å²) in [5, 5.41) is 6.68. The second kappa shape index (κ2) is 4.49. The Morgan fingerprint density at radius 1 is 1.53 bits per heavy atom. The standard InChI is InChI=1S/C12H16N4S/c1-9-8-16(6-4-11-13-5-7-17-11)12(14-9)15-10-2-3-10/h5,7-8,10H,2-4,6H2,1H3,(H,14,15). The van der Waals surface area contributed by atoms with Gasteiger partial charge in [0, 0.05) is 36.8 Å². The second-order valence-electron chi connectivity index (χ2n) is 4.49. The smallest absolute Gasteiger partial charge is 0.203 e. The van der Waals surface area contributed by atoms with Gasteiger partial charge in [0.1, 0.15) is 0 Å². The van der Waals surface area contributed by atoms with Crippen LogP contribution in [0, 0.1) is 6.92 Å². The normalized spacial score (nSPS) is 15.1. The van der Waals surface area contributed by atoms with Crippen LogP contribution in [0.3, 0.4) is 0 Å². The molecule has 1 aliphatic carbocycles. The van der Waals surface area contributed by atoms with Gasteiger partial charge in [0.25, 0.3) is 0 Å². The van der Waals surface area contributed by atoms with Crippen molar-refractivity contribution < 1.29 is 0 Å². The van der Waals surface area contributed by atoms with E-state index < -0.39 is 0 Å². The molecule has 4 nitrogen and oxygen atoms in total. The third kappa shape index (κ3) is 2.66. The Morgan fingerprint density at radius 3 is 3.12 bits per heavy atom. The Balaban J connectivity index is 1.68. The highest BCUT2D eigenvalue weighted by Crippen LogP contribution is 2.24. The Kier molecular flexibility index (Phi) is 2.84. The van der Waals surface area contributed by atoms with Crippen molar-refractivity contribution in [3.8, 4) is 0 Å². The molecule has 0 atom stereocenters. The zero-order valence-electron chi connectivity index (χ0n) is 9.89. The Labute approximate surface area is 105 Å². The van der Waals surface area contributed by atoms with Crippen molar-refractivity contribution in [3.05, 3.63) is 28.5 Å². The lowest BCUT2D eigenvalue weighted by molar-refractivity contribution is 0.696. The van der Waals surface area contributed by atoms with Crippen LogP contribution in [0.5, 0.6) is 0 Å². The number of hydrogen-bond acceptors (Lipinski definition) is 4. The van der Waals surface area contributed by atoms with E-state index in [2.05, 4.69) is 26.0 Å². The summed E-state index contributed by atoms with van der Waals surface area (Å²) in [4.78, 5) is 8.83. The van der Waals surface area contributed by atoms with Crippen molar-refractivity contribution in [1.82, 2.24) is 14.5 Å². The molecule has 0 aromatic carbocycles. The molecule has 90 valence electrons. The Morgan fingerprint density at radius 2 is 2.41 bits per heavy atom. The molecule has 2 heterocycles. The lowest BCUT2D eigenvalue weighted by atomic mass is 10.4. The van der Waals surface area contributed by atoms with Crippen LogP contribution < -0.4 is 5.32 Å². The topological polar surface area (TPSA) is 42.7 Å². The number of nitrogens with zero attached hydrogens (tertiary/aromatic N) is 3. The highest BCUT2D eigenvalue weighted by molar-refractivity contribution is 7.09. The van der Waals surface area contributed by atoms with E-state index in [9.17, 15) is 0 Å². The molecule has 0 spiro atoms. The van der Waals surface area contributed by atoms with Crippen molar-refractivity contribution in [2.75, 3.05) is 5.32 Å². The van der Waals surface area contributed by atoms with Crippen LogP contribution in [-0.2, 0) is 13.0 Å². The number of thiazole rings is 1. The van der Waals surface area contributed by atoms with E-state index in [4.69, 9.17) is 0 Å². The molecule has 1 saturated carbocycles. The molecule has 0 bridgehead atoms. The minimum absolute atomic E-state index is 0.649. The van der Waals surface area contributed by atoms with Crippen LogP contribution in [0.1, 0.15) is 23.5 Å². The largest absolute Gasteiger partial charge is 0.353 e. The van der Waals surface area contributed by atoms with Gasteiger partial charge in [0.15, 0.2) is 0 Å². The first-order chi connectivity index (χ1) is 8.31. The van der Waals surface area contributed by atoms with Crippen LogP contribution in [0.4, 0.5) is 5.95 Å². The summed E-state index contributed by atoms with van der Waals surface area (Å²) >= 11 is 1.72. The van der Waals surface area contributed by atoms with Gasteiger partial charge >= 0.3 is 0 Å². The number of aryl methyl sites for hydroxylation is 3. The van der Waals surface area contributed by atoms with Gasteiger partial charge in [-0.15, -0.1) is 11.3 Å². The van der Waals surface area contributed by atoms with Crippen molar-refractivity contribution >= 4 is 17.3 Å². The second-order valence-corrected chi connectivity index (χ2v) is 5.47. The van der Waals surface area contributed by atoms with E-state index in [1.807, 2.05) is 18.5 Å². The predicted octanol–water partition coefficient (Wildman–Crippen LogP) is 2.47. The van der Waals surface area contributed by atoms with Gasteiger partial charge in [-0.2, -0.15) is 0 Å². The molecule has 5 heteroatoms. The molecular formula is C12H16N4S. The first-order valence-corrected chi connectivity index (χ1v) is 6.88. The van der Waals surface area contributed by atoms with Gasteiger partial charge in [0.2, 0.25) is 5.95 Å². The molecule has 0 radical (unpaired) electrons. The SMILES string of the molecule is Cc1cn(CCc2nccs2)c(NC2CC2)n1. The fourth-order valence-corrected chi connectivity index (χ4v) is 2.44. The average Bonchev–Trinajstić information content (AvgIpc) is 2.85. The molecule has 1 fully saturated rings. The summed E-state index contributed by atoms with van der Waals surface area (Å²) in [7, 11) is 0. The first-order valence-electron chi connectivity index (χ1n) is 6.00. The predicted molar refractivity (Wildman–Crippen MR) is 69.4 cm³/mol. The minimum atomic E-state index is 0.649.